The Balaban J connectivity index is 0.00000128. The van der Waals surface area contributed by atoms with Gasteiger partial charge in [-0.2, -0.15) is 4.98 Å². The summed E-state index contributed by atoms with van der Waals surface area (Å²) in [7, 11) is 1.78. The number of hydrogen-bond donors (Lipinski definition) is 1. The number of pyridine rings is 1. The molecule has 0 fully saturated rings. The van der Waals surface area contributed by atoms with Crippen LogP contribution in [-0.2, 0) is 21.1 Å². The van der Waals surface area contributed by atoms with Gasteiger partial charge in [0, 0.05) is 28.1 Å². The second kappa shape index (κ2) is 5.66. The maximum Gasteiger partial charge on any atom is 0.225 e. The van der Waals surface area contributed by atoms with Crippen LogP contribution in [0.4, 0.5) is 5.95 Å². The van der Waals surface area contributed by atoms with E-state index >= 15 is 0 Å². The normalized spacial score (nSPS) is 9.38. The van der Waals surface area contributed by atoms with Crippen LogP contribution in [0.3, 0.4) is 0 Å². The number of anilines is 1. The Bertz CT molecular complexity index is 460. The summed E-state index contributed by atoms with van der Waals surface area (Å²) >= 11 is 0. The molecular weight excluding hydrogens is 374 g/mol. The first-order valence-corrected chi connectivity index (χ1v) is 4.52. The van der Waals surface area contributed by atoms with Crippen LogP contribution in [-0.4, -0.2) is 27.0 Å². The van der Waals surface area contributed by atoms with Crippen molar-refractivity contribution >= 4 is 5.95 Å². The molecule has 0 aromatic carbocycles. The molecule has 0 bridgehead atoms. The van der Waals surface area contributed by atoms with Crippen LogP contribution in [0.1, 0.15) is 5.82 Å². The molecule has 5 nitrogen and oxygen atoms in total. The Kier molecular flexibility index (Phi) is 4.50. The average molecular weight is 384 g/mol. The third kappa shape index (κ3) is 2.82. The fourth-order valence-corrected chi connectivity index (χ4v) is 1.18. The van der Waals surface area contributed by atoms with E-state index < -0.39 is 0 Å². The smallest absolute Gasteiger partial charge is 0.225 e. The minimum Gasteiger partial charge on any atom is -0.394 e. The van der Waals surface area contributed by atoms with E-state index in [4.69, 9.17) is 0 Å². The van der Waals surface area contributed by atoms with Crippen LogP contribution >= 0.6 is 0 Å². The number of aryl methyl sites for hydroxylation is 1. The Hall–Kier alpha value is -1.35. The molecule has 2 aromatic rings. The Morgan fingerprint density at radius 1 is 1.25 bits per heavy atom. The zero-order valence-electron chi connectivity index (χ0n) is 8.93. The third-order valence-corrected chi connectivity index (χ3v) is 1.85. The minimum atomic E-state index is 0. The molecule has 82 valence electrons. The van der Waals surface area contributed by atoms with Gasteiger partial charge in [0.1, 0.15) is 11.6 Å². The first kappa shape index (κ1) is 12.7. The molecule has 0 aliphatic heterocycles. The van der Waals surface area contributed by atoms with E-state index in [1.54, 1.807) is 19.3 Å². The van der Waals surface area contributed by atoms with E-state index in [0.29, 0.717) is 17.6 Å². The maximum atomic E-state index is 4.24. The number of aromatic nitrogens is 4. The van der Waals surface area contributed by atoms with Gasteiger partial charge in [0.15, 0.2) is 0 Å². The molecule has 0 radical (unpaired) electrons. The summed E-state index contributed by atoms with van der Waals surface area (Å²) in [5.41, 5.74) is 0.881. The molecule has 0 aliphatic rings. The summed E-state index contributed by atoms with van der Waals surface area (Å²) < 4.78 is 0. The van der Waals surface area contributed by atoms with Crippen molar-refractivity contribution in [3.63, 3.8) is 0 Å². The summed E-state index contributed by atoms with van der Waals surface area (Å²) in [5.74, 6) is 1.88. The summed E-state index contributed by atoms with van der Waals surface area (Å²) in [5, 5.41) is 2.89. The summed E-state index contributed by atoms with van der Waals surface area (Å²) in [6.07, 6.45) is 4.41. The van der Waals surface area contributed by atoms with Crippen molar-refractivity contribution in [2.45, 2.75) is 6.92 Å². The van der Waals surface area contributed by atoms with Gasteiger partial charge in [-0.25, -0.2) is 9.97 Å². The molecule has 2 rings (SSSR count). The first-order chi connectivity index (χ1) is 7.29. The molecule has 2 heterocycles. The van der Waals surface area contributed by atoms with E-state index in [1.165, 1.54) is 0 Å². The molecule has 0 saturated carbocycles. The molecule has 0 saturated heterocycles. The predicted molar refractivity (Wildman–Crippen MR) is 56.2 cm³/mol. The Morgan fingerprint density at radius 2 is 2.06 bits per heavy atom. The molecule has 0 aliphatic carbocycles. The van der Waals surface area contributed by atoms with Crippen LogP contribution < -0.4 is 5.32 Å². The van der Waals surface area contributed by atoms with Crippen LogP contribution in [0.15, 0.2) is 18.3 Å². The maximum absolute atomic E-state index is 4.24. The van der Waals surface area contributed by atoms with Gasteiger partial charge in [-0.15, -0.1) is 12.1 Å². The zero-order chi connectivity index (χ0) is 10.7. The largest absolute Gasteiger partial charge is 0.394 e. The van der Waals surface area contributed by atoms with E-state index in [9.17, 15) is 0 Å². The number of hydrogen-bond acceptors (Lipinski definition) is 5. The zero-order valence-corrected chi connectivity index (χ0v) is 11.9. The SMILES string of the molecule is CNc1nc(C)nc(-c2c[c-]ncc2)n1.[W]. The van der Waals surface area contributed by atoms with Crippen molar-refractivity contribution in [3.8, 4) is 11.4 Å². The average Bonchev–Trinajstić information content (AvgIpc) is 2.29. The van der Waals surface area contributed by atoms with Crippen LogP contribution in [0, 0.1) is 13.1 Å². The fraction of sp³-hybridized carbons (Fsp3) is 0.200. The summed E-state index contributed by atoms with van der Waals surface area (Å²) in [6.45, 7) is 1.83. The summed E-state index contributed by atoms with van der Waals surface area (Å²) in [4.78, 5) is 16.4. The molecule has 2 aromatic heterocycles. The van der Waals surface area contributed by atoms with E-state index in [-0.39, 0.29) is 21.1 Å². The van der Waals surface area contributed by atoms with Gasteiger partial charge in [0.2, 0.25) is 5.95 Å². The fourth-order valence-electron chi connectivity index (χ4n) is 1.18. The van der Waals surface area contributed by atoms with Crippen LogP contribution in [0.2, 0.25) is 0 Å². The van der Waals surface area contributed by atoms with Crippen molar-refractivity contribution in [1.82, 2.24) is 19.9 Å². The van der Waals surface area contributed by atoms with Gasteiger partial charge in [0.05, 0.1) is 0 Å². The molecule has 0 amide bonds. The molecule has 16 heavy (non-hydrogen) atoms. The molecule has 0 spiro atoms. The first-order valence-electron chi connectivity index (χ1n) is 4.52. The third-order valence-electron chi connectivity index (χ3n) is 1.85. The van der Waals surface area contributed by atoms with Gasteiger partial charge in [-0.1, -0.05) is 18.0 Å². The van der Waals surface area contributed by atoms with Crippen molar-refractivity contribution in [1.29, 1.82) is 0 Å². The van der Waals surface area contributed by atoms with Crippen molar-refractivity contribution < 1.29 is 21.1 Å². The monoisotopic (exact) mass is 384 g/mol. The van der Waals surface area contributed by atoms with Gasteiger partial charge in [-0.05, 0) is 6.92 Å². The topological polar surface area (TPSA) is 63.6 Å². The Labute approximate surface area is 108 Å². The van der Waals surface area contributed by atoms with Crippen molar-refractivity contribution in [2.24, 2.45) is 0 Å². The molecule has 0 atom stereocenters. The molecular formula is C10H10N5W-. The molecule has 0 unspecified atom stereocenters. The number of rotatable bonds is 2. The summed E-state index contributed by atoms with van der Waals surface area (Å²) in [6, 6.07) is 3.58. The van der Waals surface area contributed by atoms with Crippen molar-refractivity contribution in [2.75, 3.05) is 12.4 Å². The number of nitrogens with zero attached hydrogens (tertiary/aromatic N) is 4. The standard InChI is InChI=1S/C10H10N5.W/c1-7-13-9(15-10(11-2)14-7)8-3-5-12-6-4-8;/h3-5H,1-2H3,(H,11,13,14,15);/q-1;. The van der Waals surface area contributed by atoms with E-state index in [0.717, 1.165) is 5.56 Å². The van der Waals surface area contributed by atoms with Gasteiger partial charge in [-0.3, -0.25) is 0 Å². The van der Waals surface area contributed by atoms with Gasteiger partial charge in [0.25, 0.3) is 0 Å². The van der Waals surface area contributed by atoms with Gasteiger partial charge < -0.3 is 10.3 Å². The van der Waals surface area contributed by atoms with Crippen molar-refractivity contribution in [3.05, 3.63) is 30.4 Å². The molecule has 6 heteroatoms. The predicted octanol–water partition coefficient (Wildman–Crippen LogP) is 1.08. The second-order valence-corrected chi connectivity index (χ2v) is 2.95. The van der Waals surface area contributed by atoms with Crippen LogP contribution in [0.25, 0.3) is 11.4 Å². The van der Waals surface area contributed by atoms with Crippen LogP contribution in [0.5, 0.6) is 0 Å². The minimum absolute atomic E-state index is 0. The Morgan fingerprint density at radius 3 is 2.69 bits per heavy atom. The second-order valence-electron chi connectivity index (χ2n) is 2.95. The van der Waals surface area contributed by atoms with E-state index in [1.807, 2.05) is 13.0 Å². The van der Waals surface area contributed by atoms with Gasteiger partial charge >= 0.3 is 0 Å². The van der Waals surface area contributed by atoms with E-state index in [2.05, 4.69) is 31.4 Å². The number of nitrogens with one attached hydrogen (secondary N) is 1. The molecule has 1 N–H and O–H groups in total. The quantitative estimate of drug-likeness (QED) is 0.786.